The van der Waals surface area contributed by atoms with Crippen LogP contribution in [0.15, 0.2) is 36.4 Å². The maximum absolute atomic E-state index is 2.41. The van der Waals surface area contributed by atoms with E-state index in [-0.39, 0.29) is 0 Å². The molecule has 24 heavy (non-hydrogen) atoms. The van der Waals surface area contributed by atoms with Gasteiger partial charge in [0, 0.05) is 0 Å². The summed E-state index contributed by atoms with van der Waals surface area (Å²) in [5.74, 6) is 1.92. The highest BCUT2D eigenvalue weighted by atomic mass is 14.2. The molecule has 0 N–H and O–H groups in total. The first-order valence-corrected chi connectivity index (χ1v) is 9.70. The van der Waals surface area contributed by atoms with E-state index in [1.165, 1.54) is 71.9 Å². The van der Waals surface area contributed by atoms with Crippen molar-refractivity contribution in [3.8, 4) is 11.1 Å². The van der Waals surface area contributed by atoms with E-state index in [2.05, 4.69) is 64.1 Å². The average molecular weight is 321 g/mol. The molecule has 128 valence electrons. The summed E-state index contributed by atoms with van der Waals surface area (Å²) < 4.78 is 0. The second-order valence-electron chi connectivity index (χ2n) is 8.10. The predicted octanol–water partition coefficient (Wildman–Crippen LogP) is 7.04. The van der Waals surface area contributed by atoms with Gasteiger partial charge in [0.05, 0.1) is 0 Å². The van der Waals surface area contributed by atoms with Crippen molar-refractivity contribution in [2.45, 2.75) is 66.2 Å². The Morgan fingerprint density at radius 3 is 1.96 bits per heavy atom. The fourth-order valence-corrected chi connectivity index (χ4v) is 4.05. The molecule has 1 aliphatic rings. The molecule has 0 aliphatic heterocycles. The van der Waals surface area contributed by atoms with Crippen molar-refractivity contribution in [3.05, 3.63) is 58.7 Å². The molecule has 0 heterocycles. The van der Waals surface area contributed by atoms with Crippen LogP contribution < -0.4 is 0 Å². The third-order valence-corrected chi connectivity index (χ3v) is 6.19. The van der Waals surface area contributed by atoms with E-state index < -0.39 is 0 Å². The summed E-state index contributed by atoms with van der Waals surface area (Å²) in [5.41, 5.74) is 8.39. The number of rotatable bonds is 4. The molecule has 0 radical (unpaired) electrons. The number of hydrogen-bond donors (Lipinski definition) is 0. The van der Waals surface area contributed by atoms with Crippen molar-refractivity contribution in [3.63, 3.8) is 0 Å². The summed E-state index contributed by atoms with van der Waals surface area (Å²) in [5, 5.41) is 0. The highest BCUT2D eigenvalue weighted by Crippen LogP contribution is 2.31. The Morgan fingerprint density at radius 2 is 1.38 bits per heavy atom. The van der Waals surface area contributed by atoms with Crippen molar-refractivity contribution in [2.24, 2.45) is 11.8 Å². The fraction of sp³-hybridized carbons (Fsp3) is 0.500. The van der Waals surface area contributed by atoms with Crippen LogP contribution in [0.25, 0.3) is 11.1 Å². The van der Waals surface area contributed by atoms with Crippen molar-refractivity contribution >= 4 is 0 Å². The van der Waals surface area contributed by atoms with Gasteiger partial charge in [0.1, 0.15) is 0 Å². The Balaban J connectivity index is 1.63. The van der Waals surface area contributed by atoms with E-state index in [1.54, 1.807) is 0 Å². The zero-order valence-electron chi connectivity index (χ0n) is 15.9. The van der Waals surface area contributed by atoms with Crippen molar-refractivity contribution in [1.29, 1.82) is 0 Å². The standard InChI is InChI=1S/C24H32/c1-17-5-7-21(8-6-17)9-10-22-11-13-23(14-12-22)24-15-18(2)20(4)19(3)16-24/h11-17,21H,5-10H2,1-4H3. The maximum atomic E-state index is 2.41. The van der Waals surface area contributed by atoms with Gasteiger partial charge in [0.2, 0.25) is 0 Å². The first-order chi connectivity index (χ1) is 11.5. The van der Waals surface area contributed by atoms with Gasteiger partial charge < -0.3 is 0 Å². The molecule has 0 atom stereocenters. The topological polar surface area (TPSA) is 0 Å². The SMILES string of the molecule is Cc1cc(-c2ccc(CCC3CCC(C)CC3)cc2)cc(C)c1C. The number of hydrogen-bond acceptors (Lipinski definition) is 0. The Hall–Kier alpha value is -1.56. The molecule has 1 aliphatic carbocycles. The molecule has 0 spiro atoms. The van der Waals surface area contributed by atoms with Crippen LogP contribution in [0.3, 0.4) is 0 Å². The minimum absolute atomic E-state index is 0.960. The zero-order chi connectivity index (χ0) is 17.1. The molecule has 0 bridgehead atoms. The largest absolute Gasteiger partial charge is 0.0625 e. The molecular formula is C24H32. The number of aryl methyl sites for hydroxylation is 3. The van der Waals surface area contributed by atoms with Crippen LogP contribution >= 0.6 is 0 Å². The number of benzene rings is 2. The molecule has 3 rings (SSSR count). The van der Waals surface area contributed by atoms with Gasteiger partial charge in [0.25, 0.3) is 0 Å². The first kappa shape index (κ1) is 17.3. The molecule has 0 unspecified atom stereocenters. The third kappa shape index (κ3) is 4.09. The van der Waals surface area contributed by atoms with Crippen molar-refractivity contribution < 1.29 is 0 Å². The van der Waals surface area contributed by atoms with Crippen molar-refractivity contribution in [1.82, 2.24) is 0 Å². The zero-order valence-corrected chi connectivity index (χ0v) is 15.9. The summed E-state index contributed by atoms with van der Waals surface area (Å²) in [6.45, 7) is 9.05. The Bertz CT molecular complexity index is 647. The van der Waals surface area contributed by atoms with Crippen molar-refractivity contribution in [2.75, 3.05) is 0 Å². The average Bonchev–Trinajstić information content (AvgIpc) is 2.59. The third-order valence-electron chi connectivity index (χ3n) is 6.19. The quantitative estimate of drug-likeness (QED) is 0.567. The normalized spacial score (nSPS) is 21.0. The van der Waals surface area contributed by atoms with Crippen LogP contribution in [0.4, 0.5) is 0 Å². The molecule has 2 aromatic rings. The second kappa shape index (κ2) is 7.55. The van der Waals surface area contributed by atoms with Gasteiger partial charge in [-0.05, 0) is 78.8 Å². The van der Waals surface area contributed by atoms with Gasteiger partial charge in [-0.3, -0.25) is 0 Å². The van der Waals surface area contributed by atoms with E-state index in [1.807, 2.05) is 0 Å². The molecule has 0 saturated heterocycles. The maximum Gasteiger partial charge on any atom is -0.0179 e. The first-order valence-electron chi connectivity index (χ1n) is 9.70. The van der Waals surface area contributed by atoms with Crippen LogP contribution in [-0.2, 0) is 6.42 Å². The van der Waals surface area contributed by atoms with Gasteiger partial charge in [0.15, 0.2) is 0 Å². The predicted molar refractivity (Wildman–Crippen MR) is 106 cm³/mol. The van der Waals surface area contributed by atoms with Gasteiger partial charge in [-0.1, -0.05) is 69.0 Å². The van der Waals surface area contributed by atoms with E-state index in [0.717, 1.165) is 11.8 Å². The van der Waals surface area contributed by atoms with Crippen LogP contribution in [0.1, 0.15) is 61.3 Å². The lowest BCUT2D eigenvalue weighted by molar-refractivity contribution is 0.278. The van der Waals surface area contributed by atoms with E-state index in [9.17, 15) is 0 Å². The summed E-state index contributed by atoms with van der Waals surface area (Å²) in [6.07, 6.45) is 8.38. The van der Waals surface area contributed by atoms with E-state index >= 15 is 0 Å². The fourth-order valence-electron chi connectivity index (χ4n) is 4.05. The second-order valence-corrected chi connectivity index (χ2v) is 8.10. The van der Waals surface area contributed by atoms with Crippen LogP contribution in [0.2, 0.25) is 0 Å². The highest BCUT2D eigenvalue weighted by Gasteiger charge is 2.17. The van der Waals surface area contributed by atoms with Crippen LogP contribution in [-0.4, -0.2) is 0 Å². The van der Waals surface area contributed by atoms with E-state index in [4.69, 9.17) is 0 Å². The van der Waals surface area contributed by atoms with Gasteiger partial charge in [-0.15, -0.1) is 0 Å². The molecule has 1 fully saturated rings. The summed E-state index contributed by atoms with van der Waals surface area (Å²) >= 11 is 0. The van der Waals surface area contributed by atoms with Crippen LogP contribution in [0.5, 0.6) is 0 Å². The summed E-state index contributed by atoms with van der Waals surface area (Å²) in [4.78, 5) is 0. The lowest BCUT2D eigenvalue weighted by Gasteiger charge is -2.26. The lowest BCUT2D eigenvalue weighted by atomic mass is 9.80. The lowest BCUT2D eigenvalue weighted by Crippen LogP contribution is -2.12. The molecular weight excluding hydrogens is 288 g/mol. The molecule has 0 nitrogen and oxygen atoms in total. The molecule has 0 heteroatoms. The summed E-state index contributed by atoms with van der Waals surface area (Å²) in [6, 6.07) is 13.9. The Kier molecular flexibility index (Phi) is 5.43. The molecule has 0 amide bonds. The Morgan fingerprint density at radius 1 is 0.792 bits per heavy atom. The van der Waals surface area contributed by atoms with Gasteiger partial charge in [-0.2, -0.15) is 0 Å². The van der Waals surface area contributed by atoms with E-state index in [0.29, 0.717) is 0 Å². The minimum Gasteiger partial charge on any atom is -0.0625 e. The molecule has 1 saturated carbocycles. The highest BCUT2D eigenvalue weighted by molar-refractivity contribution is 5.66. The summed E-state index contributed by atoms with van der Waals surface area (Å²) in [7, 11) is 0. The smallest absolute Gasteiger partial charge is 0.0179 e. The monoisotopic (exact) mass is 320 g/mol. The van der Waals surface area contributed by atoms with Crippen LogP contribution in [0, 0.1) is 32.6 Å². The molecule has 2 aromatic carbocycles. The van der Waals surface area contributed by atoms with Gasteiger partial charge in [-0.25, -0.2) is 0 Å². The minimum atomic E-state index is 0.960. The van der Waals surface area contributed by atoms with Gasteiger partial charge >= 0.3 is 0 Å². The Labute approximate surface area is 148 Å². The molecule has 0 aromatic heterocycles.